The van der Waals surface area contributed by atoms with Crippen LogP contribution in [0, 0.1) is 0 Å². The van der Waals surface area contributed by atoms with Crippen molar-refractivity contribution < 1.29 is 9.53 Å². The van der Waals surface area contributed by atoms with E-state index in [4.69, 9.17) is 4.74 Å². The van der Waals surface area contributed by atoms with Gasteiger partial charge in [-0.15, -0.1) is 0 Å². The Hall–Kier alpha value is -2.17. The van der Waals surface area contributed by atoms with Crippen LogP contribution >= 0.6 is 0 Å². The second kappa shape index (κ2) is 8.79. The average molecular weight is 338 g/mol. The van der Waals surface area contributed by atoms with E-state index in [0.717, 1.165) is 43.9 Å². The number of ether oxygens (including phenoxy) is 1. The van der Waals surface area contributed by atoms with Crippen molar-refractivity contribution in [3.63, 3.8) is 0 Å². The van der Waals surface area contributed by atoms with Crippen LogP contribution in [-0.2, 0) is 6.42 Å². The molecule has 0 saturated carbocycles. The van der Waals surface area contributed by atoms with Crippen LogP contribution in [-0.4, -0.2) is 62.0 Å². The van der Waals surface area contributed by atoms with Gasteiger partial charge in [0.25, 0.3) is 0 Å². The van der Waals surface area contributed by atoms with Crippen LogP contribution in [0.2, 0.25) is 0 Å². The summed E-state index contributed by atoms with van der Waals surface area (Å²) in [5.74, 6) is 0.993. The molecule has 0 radical (unpaired) electrons. The minimum absolute atomic E-state index is 0.181. The monoisotopic (exact) mass is 338 g/mol. The van der Waals surface area contributed by atoms with Gasteiger partial charge in [-0.25, -0.2) is 0 Å². The molecule has 1 aliphatic heterocycles. The van der Waals surface area contributed by atoms with Crippen molar-refractivity contribution in [2.24, 2.45) is 0 Å². The first-order valence-corrected chi connectivity index (χ1v) is 8.91. The lowest BCUT2D eigenvalue weighted by molar-refractivity contribution is 0.0876. The number of benzene rings is 2. The van der Waals surface area contributed by atoms with Crippen molar-refractivity contribution in [3.8, 4) is 5.75 Å². The SMILES string of the molecule is CN1CCN(CC(=O)c2ccc(OCCc3ccccc3)cc2)CC1. The van der Waals surface area contributed by atoms with Crippen LogP contribution < -0.4 is 4.74 Å². The van der Waals surface area contributed by atoms with Crippen molar-refractivity contribution in [2.45, 2.75) is 6.42 Å². The maximum atomic E-state index is 12.4. The number of carbonyl (C=O) groups excluding carboxylic acids is 1. The highest BCUT2D eigenvalue weighted by atomic mass is 16.5. The second-order valence-corrected chi connectivity index (χ2v) is 6.61. The van der Waals surface area contributed by atoms with Crippen LogP contribution in [0.25, 0.3) is 0 Å². The molecule has 0 aliphatic carbocycles. The molecule has 1 heterocycles. The van der Waals surface area contributed by atoms with Crippen LogP contribution in [0.1, 0.15) is 15.9 Å². The molecule has 4 heteroatoms. The Balaban J connectivity index is 1.45. The average Bonchev–Trinajstić information content (AvgIpc) is 2.65. The summed E-state index contributed by atoms with van der Waals surface area (Å²) in [6.07, 6.45) is 0.880. The van der Waals surface area contributed by atoms with Crippen molar-refractivity contribution in [3.05, 3.63) is 65.7 Å². The fraction of sp³-hybridized carbons (Fsp3) is 0.381. The summed E-state index contributed by atoms with van der Waals surface area (Å²) < 4.78 is 5.78. The molecule has 0 atom stereocenters. The third-order valence-corrected chi connectivity index (χ3v) is 4.64. The molecule has 3 rings (SSSR count). The van der Waals surface area contributed by atoms with Gasteiger partial charge >= 0.3 is 0 Å². The number of rotatable bonds is 7. The number of hydrogen-bond acceptors (Lipinski definition) is 4. The maximum Gasteiger partial charge on any atom is 0.176 e. The number of ketones is 1. The van der Waals surface area contributed by atoms with E-state index < -0.39 is 0 Å². The number of nitrogens with zero attached hydrogens (tertiary/aromatic N) is 2. The van der Waals surface area contributed by atoms with Gasteiger partial charge in [-0.05, 0) is 36.9 Å². The quantitative estimate of drug-likeness (QED) is 0.727. The predicted octanol–water partition coefficient (Wildman–Crippen LogP) is 2.74. The van der Waals surface area contributed by atoms with E-state index in [-0.39, 0.29) is 5.78 Å². The van der Waals surface area contributed by atoms with Crippen molar-refractivity contribution in [1.82, 2.24) is 9.80 Å². The Bertz CT molecular complexity index is 662. The standard InChI is InChI=1S/C21H26N2O2/c1-22-12-14-23(15-13-22)17-21(24)19-7-9-20(10-8-19)25-16-11-18-5-3-2-4-6-18/h2-10H,11-17H2,1H3. The highest BCUT2D eigenvalue weighted by Crippen LogP contribution is 2.14. The topological polar surface area (TPSA) is 32.8 Å². The molecule has 0 spiro atoms. The van der Waals surface area contributed by atoms with E-state index in [1.807, 2.05) is 42.5 Å². The molecule has 1 fully saturated rings. The summed E-state index contributed by atoms with van der Waals surface area (Å²) >= 11 is 0. The zero-order valence-corrected chi connectivity index (χ0v) is 14.9. The van der Waals surface area contributed by atoms with Crippen LogP contribution in [0.4, 0.5) is 0 Å². The molecule has 2 aromatic carbocycles. The first-order chi connectivity index (χ1) is 12.2. The summed E-state index contributed by atoms with van der Waals surface area (Å²) in [6, 6.07) is 17.8. The normalized spacial score (nSPS) is 15.9. The molecule has 0 unspecified atom stereocenters. The molecule has 4 nitrogen and oxygen atoms in total. The highest BCUT2D eigenvalue weighted by Gasteiger charge is 2.17. The molecule has 132 valence electrons. The first-order valence-electron chi connectivity index (χ1n) is 8.91. The molecule has 1 saturated heterocycles. The van der Waals surface area contributed by atoms with Gasteiger partial charge in [0.15, 0.2) is 5.78 Å². The van der Waals surface area contributed by atoms with Gasteiger partial charge in [0, 0.05) is 38.2 Å². The lowest BCUT2D eigenvalue weighted by Crippen LogP contribution is -2.46. The summed E-state index contributed by atoms with van der Waals surface area (Å²) in [5, 5.41) is 0. The van der Waals surface area contributed by atoms with E-state index in [1.54, 1.807) is 0 Å². The molecular formula is C21H26N2O2. The Morgan fingerprint density at radius 3 is 2.32 bits per heavy atom. The Morgan fingerprint density at radius 1 is 0.960 bits per heavy atom. The van der Waals surface area contributed by atoms with Crippen LogP contribution in [0.3, 0.4) is 0 Å². The lowest BCUT2D eigenvalue weighted by Gasteiger charge is -2.31. The number of hydrogen-bond donors (Lipinski definition) is 0. The lowest BCUT2D eigenvalue weighted by atomic mass is 10.1. The summed E-state index contributed by atoms with van der Waals surface area (Å²) in [5.41, 5.74) is 2.02. The predicted molar refractivity (Wildman–Crippen MR) is 100 cm³/mol. The largest absolute Gasteiger partial charge is 0.493 e. The molecule has 2 aromatic rings. The maximum absolute atomic E-state index is 12.4. The van der Waals surface area contributed by atoms with E-state index in [2.05, 4.69) is 29.0 Å². The number of carbonyl (C=O) groups is 1. The van der Waals surface area contributed by atoms with Gasteiger partial charge in [-0.1, -0.05) is 30.3 Å². The van der Waals surface area contributed by atoms with E-state index >= 15 is 0 Å². The fourth-order valence-electron chi connectivity index (χ4n) is 2.97. The minimum atomic E-state index is 0.181. The number of piperazine rings is 1. The van der Waals surface area contributed by atoms with Gasteiger partial charge < -0.3 is 9.64 Å². The number of likely N-dealkylation sites (N-methyl/N-ethyl adjacent to an activating group) is 1. The van der Waals surface area contributed by atoms with Crippen molar-refractivity contribution in [1.29, 1.82) is 0 Å². The zero-order valence-electron chi connectivity index (χ0n) is 14.9. The highest BCUT2D eigenvalue weighted by molar-refractivity contribution is 5.97. The second-order valence-electron chi connectivity index (χ2n) is 6.61. The van der Waals surface area contributed by atoms with Crippen LogP contribution in [0.15, 0.2) is 54.6 Å². The number of Topliss-reactive ketones (excluding diaryl/α,β-unsaturated/α-hetero) is 1. The molecule has 0 N–H and O–H groups in total. The molecule has 0 aromatic heterocycles. The Morgan fingerprint density at radius 2 is 1.64 bits per heavy atom. The molecular weight excluding hydrogens is 312 g/mol. The zero-order chi connectivity index (χ0) is 17.5. The van der Waals surface area contributed by atoms with E-state index in [9.17, 15) is 4.79 Å². The van der Waals surface area contributed by atoms with Gasteiger partial charge in [0.1, 0.15) is 5.75 Å². The minimum Gasteiger partial charge on any atom is -0.493 e. The van der Waals surface area contributed by atoms with Crippen LogP contribution in [0.5, 0.6) is 5.75 Å². The van der Waals surface area contributed by atoms with Crippen molar-refractivity contribution >= 4 is 5.78 Å². The fourth-order valence-corrected chi connectivity index (χ4v) is 2.97. The molecule has 25 heavy (non-hydrogen) atoms. The van der Waals surface area contributed by atoms with E-state index in [0.29, 0.717) is 13.2 Å². The Kier molecular flexibility index (Phi) is 6.20. The van der Waals surface area contributed by atoms with Crippen molar-refractivity contribution in [2.75, 3.05) is 46.4 Å². The summed E-state index contributed by atoms with van der Waals surface area (Å²) in [4.78, 5) is 16.9. The molecule has 0 bridgehead atoms. The van der Waals surface area contributed by atoms with Gasteiger partial charge in [-0.3, -0.25) is 9.69 Å². The van der Waals surface area contributed by atoms with Gasteiger partial charge in [-0.2, -0.15) is 0 Å². The molecule has 0 amide bonds. The van der Waals surface area contributed by atoms with E-state index in [1.165, 1.54) is 5.56 Å². The summed E-state index contributed by atoms with van der Waals surface area (Å²) in [6.45, 7) is 5.12. The smallest absolute Gasteiger partial charge is 0.176 e. The third-order valence-electron chi connectivity index (χ3n) is 4.64. The summed E-state index contributed by atoms with van der Waals surface area (Å²) in [7, 11) is 2.12. The first kappa shape index (κ1) is 17.6. The Labute approximate surface area is 150 Å². The van der Waals surface area contributed by atoms with Gasteiger partial charge in [0.05, 0.1) is 13.2 Å². The molecule has 1 aliphatic rings. The third kappa shape index (κ3) is 5.41. The van der Waals surface area contributed by atoms with Gasteiger partial charge in [0.2, 0.25) is 0 Å².